The maximum atomic E-state index is 12.2. The molecule has 1 aliphatic rings. The number of piperidine rings is 1. The van der Waals surface area contributed by atoms with Crippen molar-refractivity contribution in [1.29, 1.82) is 0 Å². The third-order valence-electron chi connectivity index (χ3n) is 5.82. The lowest BCUT2D eigenvalue weighted by Crippen LogP contribution is -2.44. The highest BCUT2D eigenvalue weighted by Gasteiger charge is 2.27. The zero-order chi connectivity index (χ0) is 26.6. The van der Waals surface area contributed by atoms with Crippen molar-refractivity contribution in [2.45, 2.75) is 58.5 Å². The highest BCUT2D eigenvalue weighted by molar-refractivity contribution is 5.82. The molecule has 1 amide bonds. The van der Waals surface area contributed by atoms with Crippen LogP contribution in [0, 0.1) is 6.57 Å². The molecule has 0 spiro atoms. The number of fused-ring (bicyclic) bond motifs is 1. The van der Waals surface area contributed by atoms with Gasteiger partial charge in [0.05, 0.1) is 17.6 Å². The summed E-state index contributed by atoms with van der Waals surface area (Å²) in [5, 5.41) is 9.33. The van der Waals surface area contributed by atoms with Gasteiger partial charge in [-0.05, 0) is 57.2 Å². The SMILES string of the molecule is [C-]#[N+]c1ccc2c(c1)nc(COc1ccc(OC3CCN(C(=O)OC(C)(C)C)CC3)cc1)n2CC(=O)O. The Kier molecular flexibility index (Phi) is 7.53. The van der Waals surface area contributed by atoms with Crippen molar-refractivity contribution in [3.8, 4) is 11.5 Å². The van der Waals surface area contributed by atoms with E-state index >= 15 is 0 Å². The number of amides is 1. The first-order chi connectivity index (χ1) is 17.6. The molecular formula is C27H30N4O6. The number of rotatable bonds is 7. The van der Waals surface area contributed by atoms with Crippen LogP contribution in [0.15, 0.2) is 42.5 Å². The lowest BCUT2D eigenvalue weighted by Gasteiger charge is -2.33. The van der Waals surface area contributed by atoms with Crippen LogP contribution >= 0.6 is 0 Å². The number of aromatic nitrogens is 2. The predicted octanol–water partition coefficient (Wildman–Crippen LogP) is 5.03. The van der Waals surface area contributed by atoms with Crippen LogP contribution < -0.4 is 9.47 Å². The normalized spacial score (nSPS) is 14.3. The van der Waals surface area contributed by atoms with Gasteiger partial charge in [-0.2, -0.15) is 0 Å². The van der Waals surface area contributed by atoms with Gasteiger partial charge in [0.15, 0.2) is 5.69 Å². The van der Waals surface area contributed by atoms with Crippen LogP contribution in [-0.4, -0.2) is 56.4 Å². The van der Waals surface area contributed by atoms with Gasteiger partial charge in [-0.25, -0.2) is 14.6 Å². The second-order valence-electron chi connectivity index (χ2n) is 9.84. The van der Waals surface area contributed by atoms with E-state index in [-0.39, 0.29) is 25.3 Å². The Morgan fingerprint density at radius 2 is 1.78 bits per heavy atom. The summed E-state index contributed by atoms with van der Waals surface area (Å²) in [6.07, 6.45) is 1.14. The molecule has 0 aliphatic carbocycles. The van der Waals surface area contributed by atoms with Gasteiger partial charge < -0.3 is 28.8 Å². The molecule has 0 saturated carbocycles. The van der Waals surface area contributed by atoms with Crippen molar-refractivity contribution < 1.29 is 28.9 Å². The topological polar surface area (TPSA) is 107 Å². The number of imidazole rings is 1. The molecule has 1 saturated heterocycles. The fourth-order valence-corrected chi connectivity index (χ4v) is 4.10. The molecule has 1 aromatic heterocycles. The Labute approximate surface area is 215 Å². The van der Waals surface area contributed by atoms with Crippen LogP contribution in [-0.2, 0) is 22.7 Å². The second-order valence-corrected chi connectivity index (χ2v) is 9.84. The summed E-state index contributed by atoms with van der Waals surface area (Å²) in [5.74, 6) is 0.751. The Bertz CT molecular complexity index is 1310. The summed E-state index contributed by atoms with van der Waals surface area (Å²) in [6.45, 7) is 13.7. The van der Waals surface area contributed by atoms with Gasteiger partial charge in [0.2, 0.25) is 0 Å². The molecule has 4 rings (SSSR count). The third-order valence-corrected chi connectivity index (χ3v) is 5.82. The summed E-state index contributed by atoms with van der Waals surface area (Å²) < 4.78 is 19.0. The minimum atomic E-state index is -0.992. The number of carbonyl (C=O) groups is 2. The van der Waals surface area contributed by atoms with Crippen molar-refractivity contribution in [2.24, 2.45) is 0 Å². The smallest absolute Gasteiger partial charge is 0.410 e. The summed E-state index contributed by atoms with van der Waals surface area (Å²) in [6, 6.07) is 12.2. The first-order valence-electron chi connectivity index (χ1n) is 12.1. The van der Waals surface area contributed by atoms with Gasteiger partial charge in [0.25, 0.3) is 0 Å². The largest absolute Gasteiger partial charge is 0.490 e. The number of benzene rings is 2. The number of ether oxygens (including phenoxy) is 3. The van der Waals surface area contributed by atoms with Crippen molar-refractivity contribution in [3.63, 3.8) is 0 Å². The minimum absolute atomic E-state index is 0.00160. The van der Waals surface area contributed by atoms with E-state index in [4.69, 9.17) is 20.8 Å². The van der Waals surface area contributed by atoms with Gasteiger partial charge in [-0.1, -0.05) is 6.07 Å². The van der Waals surface area contributed by atoms with Crippen LogP contribution in [0.25, 0.3) is 15.9 Å². The molecule has 10 heteroatoms. The van der Waals surface area contributed by atoms with E-state index in [9.17, 15) is 14.7 Å². The molecule has 0 unspecified atom stereocenters. The van der Waals surface area contributed by atoms with Crippen LogP contribution in [0.4, 0.5) is 10.5 Å². The van der Waals surface area contributed by atoms with E-state index in [1.807, 2.05) is 32.9 Å². The lowest BCUT2D eigenvalue weighted by molar-refractivity contribution is -0.137. The molecule has 3 aromatic rings. The van der Waals surface area contributed by atoms with E-state index in [1.54, 1.807) is 39.8 Å². The summed E-state index contributed by atoms with van der Waals surface area (Å²) >= 11 is 0. The molecule has 0 radical (unpaired) electrons. The number of hydrogen-bond acceptors (Lipinski definition) is 6. The van der Waals surface area contributed by atoms with Crippen molar-refractivity contribution in [2.75, 3.05) is 13.1 Å². The number of carbonyl (C=O) groups excluding carboxylic acids is 1. The number of nitrogens with zero attached hydrogens (tertiary/aromatic N) is 4. The zero-order valence-corrected chi connectivity index (χ0v) is 21.1. The summed E-state index contributed by atoms with van der Waals surface area (Å²) in [5.41, 5.74) is 1.11. The molecule has 0 atom stereocenters. The van der Waals surface area contributed by atoms with E-state index in [0.717, 1.165) is 0 Å². The number of likely N-dealkylation sites (tertiary alicyclic amines) is 1. The van der Waals surface area contributed by atoms with E-state index in [2.05, 4.69) is 9.83 Å². The molecule has 194 valence electrons. The van der Waals surface area contributed by atoms with E-state index < -0.39 is 11.6 Å². The van der Waals surface area contributed by atoms with E-state index in [0.29, 0.717) is 60.0 Å². The van der Waals surface area contributed by atoms with Gasteiger partial charge in [-0.3, -0.25) is 4.79 Å². The number of aliphatic carboxylic acids is 1. The molecule has 1 N–H and O–H groups in total. The Balaban J connectivity index is 1.33. The molecule has 1 fully saturated rings. The highest BCUT2D eigenvalue weighted by atomic mass is 16.6. The number of hydrogen-bond donors (Lipinski definition) is 1. The van der Waals surface area contributed by atoms with E-state index in [1.165, 1.54) is 0 Å². The maximum Gasteiger partial charge on any atom is 0.410 e. The Hall–Kier alpha value is -4.26. The predicted molar refractivity (Wildman–Crippen MR) is 136 cm³/mol. The monoisotopic (exact) mass is 506 g/mol. The lowest BCUT2D eigenvalue weighted by atomic mass is 10.1. The maximum absolute atomic E-state index is 12.2. The second kappa shape index (κ2) is 10.8. The summed E-state index contributed by atoms with van der Waals surface area (Å²) in [4.78, 5) is 33.2. The average molecular weight is 507 g/mol. The first-order valence-corrected chi connectivity index (χ1v) is 12.1. The third kappa shape index (κ3) is 6.70. The van der Waals surface area contributed by atoms with Gasteiger partial charge in [0, 0.05) is 25.9 Å². The molecule has 1 aliphatic heterocycles. The van der Waals surface area contributed by atoms with Gasteiger partial charge in [-0.15, -0.1) is 0 Å². The number of carboxylic acid groups (broad SMARTS) is 1. The molecule has 0 bridgehead atoms. The average Bonchev–Trinajstić information content (AvgIpc) is 3.18. The van der Waals surface area contributed by atoms with Crippen LogP contribution in [0.2, 0.25) is 0 Å². The Morgan fingerprint density at radius 3 is 2.41 bits per heavy atom. The van der Waals surface area contributed by atoms with Crippen LogP contribution in [0.3, 0.4) is 0 Å². The van der Waals surface area contributed by atoms with Crippen molar-refractivity contribution in [3.05, 3.63) is 59.7 Å². The molecule has 10 nitrogen and oxygen atoms in total. The van der Waals surface area contributed by atoms with Crippen molar-refractivity contribution >= 4 is 28.8 Å². The van der Waals surface area contributed by atoms with Gasteiger partial charge in [0.1, 0.15) is 42.2 Å². The molecule has 37 heavy (non-hydrogen) atoms. The fourth-order valence-electron chi connectivity index (χ4n) is 4.10. The van der Waals surface area contributed by atoms with Gasteiger partial charge >= 0.3 is 12.1 Å². The molecule has 2 heterocycles. The fraction of sp³-hybridized carbons (Fsp3) is 0.407. The zero-order valence-electron chi connectivity index (χ0n) is 21.1. The number of carboxylic acids is 1. The van der Waals surface area contributed by atoms with Crippen LogP contribution in [0.5, 0.6) is 11.5 Å². The Morgan fingerprint density at radius 1 is 1.11 bits per heavy atom. The standard InChI is InChI=1S/C27H30N4O6/c1-27(2,3)37-26(34)30-13-11-21(12-14-30)36-20-8-6-19(7-9-20)35-17-24-29-22-15-18(28-4)5-10-23(22)31(24)16-25(32)33/h5-10,15,21H,11-14,16-17H2,1-3H3,(H,32,33). The highest BCUT2D eigenvalue weighted by Crippen LogP contribution is 2.25. The quantitative estimate of drug-likeness (QED) is 0.448. The minimum Gasteiger partial charge on any atom is -0.490 e. The molecular weight excluding hydrogens is 476 g/mol. The molecule has 2 aromatic carbocycles. The first kappa shape index (κ1) is 25.8. The van der Waals surface area contributed by atoms with Crippen molar-refractivity contribution in [1.82, 2.24) is 14.5 Å². The summed E-state index contributed by atoms with van der Waals surface area (Å²) in [7, 11) is 0. The van der Waals surface area contributed by atoms with Crippen LogP contribution in [0.1, 0.15) is 39.4 Å².